The molecular formula is C24H24FN5O. The van der Waals surface area contributed by atoms with E-state index >= 15 is 0 Å². The van der Waals surface area contributed by atoms with Crippen LogP contribution in [-0.4, -0.2) is 38.8 Å². The number of rotatable bonds is 5. The summed E-state index contributed by atoms with van der Waals surface area (Å²) in [5.74, 6) is 1.50. The van der Waals surface area contributed by atoms with Crippen LogP contribution in [0.3, 0.4) is 0 Å². The summed E-state index contributed by atoms with van der Waals surface area (Å²) >= 11 is 0. The normalized spacial score (nSPS) is 18.6. The molecule has 5 rings (SSSR count). The van der Waals surface area contributed by atoms with Gasteiger partial charge in [-0.15, -0.1) is 0 Å². The molecule has 1 aromatic carbocycles. The molecule has 0 spiro atoms. The Bertz CT molecular complexity index is 1090. The van der Waals surface area contributed by atoms with E-state index in [1.54, 1.807) is 24.5 Å². The molecule has 1 saturated carbocycles. The molecule has 0 unspecified atom stereocenters. The van der Waals surface area contributed by atoms with Crippen LogP contribution in [0, 0.1) is 11.7 Å². The zero-order valence-electron chi connectivity index (χ0n) is 17.2. The molecule has 3 heterocycles. The first-order valence-corrected chi connectivity index (χ1v) is 10.8. The molecular weight excluding hydrogens is 393 g/mol. The SMILES string of the molecule is O=C(C1CC1)N1CCC[C@@H](c2cc(Nc3cccc(F)c3)nc(-c3cccnc3)n2)C1. The summed E-state index contributed by atoms with van der Waals surface area (Å²) in [7, 11) is 0. The summed E-state index contributed by atoms with van der Waals surface area (Å²) < 4.78 is 13.7. The fourth-order valence-electron chi connectivity index (χ4n) is 4.08. The molecule has 3 aromatic rings. The summed E-state index contributed by atoms with van der Waals surface area (Å²) in [4.78, 5) is 28.3. The monoisotopic (exact) mass is 417 g/mol. The topological polar surface area (TPSA) is 71.0 Å². The number of piperidine rings is 1. The average molecular weight is 417 g/mol. The number of hydrogen-bond acceptors (Lipinski definition) is 5. The van der Waals surface area contributed by atoms with Crippen LogP contribution in [0.25, 0.3) is 11.4 Å². The molecule has 1 saturated heterocycles. The van der Waals surface area contributed by atoms with Crippen molar-refractivity contribution in [2.75, 3.05) is 18.4 Å². The molecule has 1 N–H and O–H groups in total. The number of amides is 1. The van der Waals surface area contributed by atoms with Crippen molar-refractivity contribution in [3.63, 3.8) is 0 Å². The van der Waals surface area contributed by atoms with E-state index in [4.69, 9.17) is 4.98 Å². The van der Waals surface area contributed by atoms with E-state index in [2.05, 4.69) is 15.3 Å². The van der Waals surface area contributed by atoms with E-state index < -0.39 is 0 Å². The first-order chi connectivity index (χ1) is 15.2. The second kappa shape index (κ2) is 8.41. The van der Waals surface area contributed by atoms with Gasteiger partial charge in [0.05, 0.1) is 5.69 Å². The average Bonchev–Trinajstić information content (AvgIpc) is 3.65. The van der Waals surface area contributed by atoms with Gasteiger partial charge in [0.25, 0.3) is 0 Å². The molecule has 2 aromatic heterocycles. The third kappa shape index (κ3) is 4.55. The molecule has 2 aliphatic rings. The van der Waals surface area contributed by atoms with Gasteiger partial charge in [-0.05, 0) is 56.0 Å². The second-order valence-corrected chi connectivity index (χ2v) is 8.28. The van der Waals surface area contributed by atoms with Gasteiger partial charge in [0, 0.05) is 54.6 Å². The van der Waals surface area contributed by atoms with Crippen molar-refractivity contribution in [2.45, 2.75) is 31.6 Å². The van der Waals surface area contributed by atoms with Gasteiger partial charge in [0.15, 0.2) is 5.82 Å². The maximum Gasteiger partial charge on any atom is 0.225 e. The van der Waals surface area contributed by atoms with Crippen molar-refractivity contribution in [1.29, 1.82) is 0 Å². The molecule has 1 aliphatic heterocycles. The molecule has 1 amide bonds. The van der Waals surface area contributed by atoms with Gasteiger partial charge in [-0.25, -0.2) is 14.4 Å². The number of benzene rings is 1. The molecule has 2 fully saturated rings. The predicted octanol–water partition coefficient (Wildman–Crippen LogP) is 4.54. The fourth-order valence-corrected chi connectivity index (χ4v) is 4.08. The zero-order valence-corrected chi connectivity index (χ0v) is 17.2. The molecule has 0 radical (unpaired) electrons. The summed E-state index contributed by atoms with van der Waals surface area (Å²) in [6.45, 7) is 1.50. The van der Waals surface area contributed by atoms with Crippen molar-refractivity contribution in [2.24, 2.45) is 5.92 Å². The van der Waals surface area contributed by atoms with E-state index in [9.17, 15) is 9.18 Å². The number of carbonyl (C=O) groups excluding carboxylic acids is 1. The van der Waals surface area contributed by atoms with Crippen molar-refractivity contribution in [3.05, 3.63) is 66.4 Å². The van der Waals surface area contributed by atoms with Crippen LogP contribution in [0.15, 0.2) is 54.9 Å². The van der Waals surface area contributed by atoms with Gasteiger partial charge in [-0.2, -0.15) is 0 Å². The van der Waals surface area contributed by atoms with E-state index in [0.29, 0.717) is 23.9 Å². The number of carbonyl (C=O) groups is 1. The van der Waals surface area contributed by atoms with Gasteiger partial charge in [-0.1, -0.05) is 6.07 Å². The van der Waals surface area contributed by atoms with Crippen LogP contribution >= 0.6 is 0 Å². The number of pyridine rings is 1. The lowest BCUT2D eigenvalue weighted by Crippen LogP contribution is -2.40. The molecule has 1 aliphatic carbocycles. The van der Waals surface area contributed by atoms with Crippen molar-refractivity contribution >= 4 is 17.4 Å². The van der Waals surface area contributed by atoms with Crippen LogP contribution < -0.4 is 5.32 Å². The Labute approximate surface area is 180 Å². The van der Waals surface area contributed by atoms with Crippen LogP contribution in [-0.2, 0) is 4.79 Å². The number of nitrogens with zero attached hydrogens (tertiary/aromatic N) is 4. The smallest absolute Gasteiger partial charge is 0.225 e. The number of halogens is 1. The minimum atomic E-state index is -0.312. The maximum atomic E-state index is 13.7. The highest BCUT2D eigenvalue weighted by molar-refractivity contribution is 5.81. The lowest BCUT2D eigenvalue weighted by Gasteiger charge is -2.33. The van der Waals surface area contributed by atoms with Crippen LogP contribution in [0.4, 0.5) is 15.9 Å². The third-order valence-electron chi connectivity index (χ3n) is 5.84. The maximum absolute atomic E-state index is 13.7. The highest BCUT2D eigenvalue weighted by atomic mass is 19.1. The van der Waals surface area contributed by atoms with Gasteiger partial charge in [0.1, 0.15) is 11.6 Å². The first kappa shape index (κ1) is 19.6. The van der Waals surface area contributed by atoms with Gasteiger partial charge in [0.2, 0.25) is 5.91 Å². The van der Waals surface area contributed by atoms with Gasteiger partial charge < -0.3 is 10.2 Å². The second-order valence-electron chi connectivity index (χ2n) is 8.28. The van der Waals surface area contributed by atoms with Gasteiger partial charge >= 0.3 is 0 Å². The Morgan fingerprint density at radius 2 is 2.00 bits per heavy atom. The van der Waals surface area contributed by atoms with Crippen LogP contribution in [0.2, 0.25) is 0 Å². The van der Waals surface area contributed by atoms with E-state index in [1.807, 2.05) is 23.1 Å². The Morgan fingerprint density at radius 1 is 1.10 bits per heavy atom. The molecule has 6 nitrogen and oxygen atoms in total. The lowest BCUT2D eigenvalue weighted by atomic mass is 9.94. The number of hydrogen-bond donors (Lipinski definition) is 1. The van der Waals surface area contributed by atoms with Crippen LogP contribution in [0.1, 0.15) is 37.3 Å². The van der Waals surface area contributed by atoms with E-state index in [-0.39, 0.29) is 23.6 Å². The van der Waals surface area contributed by atoms with Crippen molar-refractivity contribution < 1.29 is 9.18 Å². The Balaban J connectivity index is 1.47. The van der Waals surface area contributed by atoms with Crippen LogP contribution in [0.5, 0.6) is 0 Å². The molecule has 31 heavy (non-hydrogen) atoms. The molecule has 1 atom stereocenters. The summed E-state index contributed by atoms with van der Waals surface area (Å²) in [6.07, 6.45) is 7.40. The summed E-state index contributed by atoms with van der Waals surface area (Å²) in [5, 5.41) is 3.20. The zero-order chi connectivity index (χ0) is 21.2. The molecule has 7 heteroatoms. The van der Waals surface area contributed by atoms with Crippen molar-refractivity contribution in [1.82, 2.24) is 19.9 Å². The number of aromatic nitrogens is 3. The number of anilines is 2. The summed E-state index contributed by atoms with van der Waals surface area (Å²) in [5.41, 5.74) is 2.32. The Kier molecular flexibility index (Phi) is 5.32. The van der Waals surface area contributed by atoms with Gasteiger partial charge in [-0.3, -0.25) is 9.78 Å². The number of nitrogens with one attached hydrogen (secondary N) is 1. The standard InChI is InChI=1S/C24H24FN5O/c25-19-6-1-7-20(12-19)27-22-13-21(28-23(29-22)17-4-2-10-26-14-17)18-5-3-11-30(15-18)24(31)16-8-9-16/h1-2,4,6-7,10,12-14,16,18H,3,5,8-9,11,15H2,(H,27,28,29)/t18-/m1/s1. The number of likely N-dealkylation sites (tertiary alicyclic amines) is 1. The first-order valence-electron chi connectivity index (χ1n) is 10.8. The quantitative estimate of drug-likeness (QED) is 0.660. The molecule has 158 valence electrons. The minimum absolute atomic E-state index is 0.142. The Hall–Kier alpha value is -3.35. The highest BCUT2D eigenvalue weighted by Gasteiger charge is 2.36. The lowest BCUT2D eigenvalue weighted by molar-refractivity contribution is -0.133. The predicted molar refractivity (Wildman–Crippen MR) is 116 cm³/mol. The van der Waals surface area contributed by atoms with Crippen molar-refractivity contribution in [3.8, 4) is 11.4 Å². The highest BCUT2D eigenvalue weighted by Crippen LogP contribution is 2.35. The minimum Gasteiger partial charge on any atom is -0.342 e. The molecule has 0 bridgehead atoms. The fraction of sp³-hybridized carbons (Fsp3) is 0.333. The van der Waals surface area contributed by atoms with E-state index in [1.165, 1.54) is 12.1 Å². The van der Waals surface area contributed by atoms with E-state index in [0.717, 1.165) is 43.5 Å². The summed E-state index contributed by atoms with van der Waals surface area (Å²) in [6, 6.07) is 12.0. The Morgan fingerprint density at radius 3 is 2.77 bits per heavy atom. The third-order valence-corrected chi connectivity index (χ3v) is 5.84. The largest absolute Gasteiger partial charge is 0.342 e.